The number of methoxy groups -OCH3 is 1. The zero-order valence-corrected chi connectivity index (χ0v) is 8.42. The number of allylic oxidation sites excluding steroid dienone is 1. The summed E-state index contributed by atoms with van der Waals surface area (Å²) in [6, 6.07) is 1.96. The molecule has 0 aliphatic carbocycles. The number of aromatic nitrogens is 1. The second-order valence-electron chi connectivity index (χ2n) is 3.02. The first-order chi connectivity index (χ1) is 6.19. The van der Waals surface area contributed by atoms with Crippen molar-refractivity contribution in [3.05, 3.63) is 30.0 Å². The van der Waals surface area contributed by atoms with Crippen LogP contribution >= 0.6 is 0 Å². The number of rotatable bonds is 3. The largest absolute Gasteiger partial charge is 0.481 e. The molecular formula is C11H15NO. The fourth-order valence-corrected chi connectivity index (χ4v) is 1.26. The van der Waals surface area contributed by atoms with Crippen molar-refractivity contribution in [3.63, 3.8) is 0 Å². The zero-order valence-electron chi connectivity index (χ0n) is 8.42. The van der Waals surface area contributed by atoms with Gasteiger partial charge in [0.2, 0.25) is 5.88 Å². The van der Waals surface area contributed by atoms with Gasteiger partial charge in [0.05, 0.1) is 7.11 Å². The van der Waals surface area contributed by atoms with Crippen LogP contribution in [0.4, 0.5) is 0 Å². The fourth-order valence-electron chi connectivity index (χ4n) is 1.26. The Hall–Kier alpha value is -1.31. The van der Waals surface area contributed by atoms with Crippen molar-refractivity contribution in [2.24, 2.45) is 0 Å². The first-order valence-corrected chi connectivity index (χ1v) is 4.37. The summed E-state index contributed by atoms with van der Waals surface area (Å²) in [5.41, 5.74) is 3.41. The lowest BCUT2D eigenvalue weighted by atomic mass is 10.0. The van der Waals surface area contributed by atoms with Gasteiger partial charge in [0.1, 0.15) is 0 Å². The van der Waals surface area contributed by atoms with Gasteiger partial charge in [-0.1, -0.05) is 13.5 Å². The lowest BCUT2D eigenvalue weighted by Gasteiger charge is -2.08. The fraction of sp³-hybridized carbons (Fsp3) is 0.364. The second kappa shape index (κ2) is 4.08. The molecule has 1 rings (SSSR count). The highest BCUT2D eigenvalue weighted by Crippen LogP contribution is 2.20. The summed E-state index contributed by atoms with van der Waals surface area (Å²) in [4.78, 5) is 4.14. The van der Waals surface area contributed by atoms with Gasteiger partial charge in [-0.15, -0.1) is 0 Å². The normalized spacial score (nSPS) is 9.77. The predicted molar refractivity (Wildman–Crippen MR) is 54.9 cm³/mol. The molecule has 2 heteroatoms. The van der Waals surface area contributed by atoms with Gasteiger partial charge in [-0.3, -0.25) is 0 Å². The van der Waals surface area contributed by atoms with E-state index in [0.29, 0.717) is 5.88 Å². The summed E-state index contributed by atoms with van der Waals surface area (Å²) < 4.78 is 5.05. The van der Waals surface area contributed by atoms with E-state index in [0.717, 1.165) is 17.6 Å². The lowest BCUT2D eigenvalue weighted by Crippen LogP contribution is -1.94. The van der Waals surface area contributed by atoms with Gasteiger partial charge in [-0.05, 0) is 30.0 Å². The predicted octanol–water partition coefficient (Wildman–Crippen LogP) is 2.69. The molecule has 0 fully saturated rings. The Morgan fingerprint density at radius 3 is 2.77 bits per heavy atom. The molecule has 0 unspecified atom stereocenters. The molecule has 0 spiro atoms. The molecule has 0 amide bonds. The minimum absolute atomic E-state index is 0.668. The molecule has 0 bridgehead atoms. The van der Waals surface area contributed by atoms with E-state index in [4.69, 9.17) is 4.74 Å². The average Bonchev–Trinajstić information content (AvgIpc) is 2.16. The third-order valence-electron chi connectivity index (χ3n) is 2.01. The third kappa shape index (κ3) is 2.08. The Morgan fingerprint density at radius 1 is 1.62 bits per heavy atom. The summed E-state index contributed by atoms with van der Waals surface area (Å²) in [6.45, 7) is 8.01. The van der Waals surface area contributed by atoms with Crippen molar-refractivity contribution in [1.29, 1.82) is 0 Å². The minimum Gasteiger partial charge on any atom is -0.481 e. The molecule has 0 aliphatic heterocycles. The minimum atomic E-state index is 0.668. The highest BCUT2D eigenvalue weighted by Gasteiger charge is 2.03. The van der Waals surface area contributed by atoms with Crippen molar-refractivity contribution in [3.8, 4) is 5.88 Å². The Balaban J connectivity index is 3.15. The maximum absolute atomic E-state index is 5.05. The van der Waals surface area contributed by atoms with E-state index in [2.05, 4.69) is 18.5 Å². The first-order valence-electron chi connectivity index (χ1n) is 4.37. The van der Waals surface area contributed by atoms with E-state index < -0.39 is 0 Å². The van der Waals surface area contributed by atoms with Crippen LogP contribution < -0.4 is 4.74 Å². The third-order valence-corrected chi connectivity index (χ3v) is 2.01. The van der Waals surface area contributed by atoms with E-state index in [1.54, 1.807) is 7.11 Å². The van der Waals surface area contributed by atoms with Crippen molar-refractivity contribution in [1.82, 2.24) is 4.98 Å². The van der Waals surface area contributed by atoms with Crippen LogP contribution in [0.25, 0.3) is 5.57 Å². The van der Waals surface area contributed by atoms with Crippen LogP contribution in [0, 0.1) is 0 Å². The number of hydrogen-bond donors (Lipinski definition) is 0. The van der Waals surface area contributed by atoms with Gasteiger partial charge < -0.3 is 4.74 Å². The molecule has 0 radical (unpaired) electrons. The van der Waals surface area contributed by atoms with Crippen LogP contribution in [-0.4, -0.2) is 12.1 Å². The van der Waals surface area contributed by atoms with Crippen LogP contribution in [0.1, 0.15) is 25.0 Å². The van der Waals surface area contributed by atoms with Gasteiger partial charge in [0.15, 0.2) is 0 Å². The molecule has 1 aromatic heterocycles. The standard InChI is InChI=1S/C11H15NO/c1-5-9-6-11(13-4)12-7-10(9)8(2)3/h6-7H,2,5H2,1,3-4H3. The average molecular weight is 177 g/mol. The van der Waals surface area contributed by atoms with Gasteiger partial charge in [0, 0.05) is 12.3 Å². The quantitative estimate of drug-likeness (QED) is 0.708. The van der Waals surface area contributed by atoms with E-state index in [-0.39, 0.29) is 0 Å². The summed E-state index contributed by atoms with van der Waals surface area (Å²) in [5.74, 6) is 0.668. The number of hydrogen-bond acceptors (Lipinski definition) is 2. The molecule has 0 atom stereocenters. The first kappa shape index (κ1) is 9.78. The number of nitrogens with zero attached hydrogens (tertiary/aromatic N) is 1. The number of aryl methyl sites for hydroxylation is 1. The number of pyridine rings is 1. The Morgan fingerprint density at radius 2 is 2.31 bits per heavy atom. The smallest absolute Gasteiger partial charge is 0.213 e. The summed E-state index contributed by atoms with van der Waals surface area (Å²) in [5, 5.41) is 0. The molecule has 0 aliphatic rings. The lowest BCUT2D eigenvalue weighted by molar-refractivity contribution is 0.397. The molecule has 2 nitrogen and oxygen atoms in total. The second-order valence-corrected chi connectivity index (χ2v) is 3.02. The highest BCUT2D eigenvalue weighted by atomic mass is 16.5. The summed E-state index contributed by atoms with van der Waals surface area (Å²) in [6.07, 6.45) is 2.79. The molecule has 0 saturated heterocycles. The zero-order chi connectivity index (χ0) is 9.84. The van der Waals surface area contributed by atoms with E-state index >= 15 is 0 Å². The molecule has 0 N–H and O–H groups in total. The molecule has 1 aromatic rings. The number of ether oxygens (including phenoxy) is 1. The van der Waals surface area contributed by atoms with Crippen LogP contribution in [0.5, 0.6) is 5.88 Å². The molecule has 0 aromatic carbocycles. The van der Waals surface area contributed by atoms with Gasteiger partial charge >= 0.3 is 0 Å². The van der Waals surface area contributed by atoms with Crippen molar-refractivity contribution in [2.45, 2.75) is 20.3 Å². The van der Waals surface area contributed by atoms with Gasteiger partial charge in [-0.25, -0.2) is 4.98 Å². The Bertz CT molecular complexity index is 318. The monoisotopic (exact) mass is 177 g/mol. The maximum atomic E-state index is 5.05. The van der Waals surface area contributed by atoms with Gasteiger partial charge in [0.25, 0.3) is 0 Å². The van der Waals surface area contributed by atoms with E-state index in [9.17, 15) is 0 Å². The molecule has 70 valence electrons. The molecule has 1 heterocycles. The SMILES string of the molecule is C=C(C)c1cnc(OC)cc1CC. The van der Waals surface area contributed by atoms with E-state index in [1.165, 1.54) is 5.56 Å². The highest BCUT2D eigenvalue weighted by molar-refractivity contribution is 5.64. The molecule has 13 heavy (non-hydrogen) atoms. The topological polar surface area (TPSA) is 22.1 Å². The van der Waals surface area contributed by atoms with Crippen LogP contribution in [0.2, 0.25) is 0 Å². The van der Waals surface area contributed by atoms with Crippen LogP contribution in [0.15, 0.2) is 18.8 Å². The Kier molecular flexibility index (Phi) is 3.07. The maximum Gasteiger partial charge on any atom is 0.213 e. The van der Waals surface area contributed by atoms with Crippen molar-refractivity contribution < 1.29 is 4.74 Å². The van der Waals surface area contributed by atoms with Crippen LogP contribution in [-0.2, 0) is 6.42 Å². The molecule has 0 saturated carbocycles. The van der Waals surface area contributed by atoms with Crippen molar-refractivity contribution in [2.75, 3.05) is 7.11 Å². The molecular weight excluding hydrogens is 162 g/mol. The van der Waals surface area contributed by atoms with E-state index in [1.807, 2.05) is 19.2 Å². The summed E-state index contributed by atoms with van der Waals surface area (Å²) in [7, 11) is 1.63. The Labute approximate surface area is 79.3 Å². The summed E-state index contributed by atoms with van der Waals surface area (Å²) >= 11 is 0. The van der Waals surface area contributed by atoms with Crippen molar-refractivity contribution >= 4 is 5.57 Å². The van der Waals surface area contributed by atoms with Gasteiger partial charge in [-0.2, -0.15) is 0 Å². The van der Waals surface area contributed by atoms with Crippen LogP contribution in [0.3, 0.4) is 0 Å².